The minimum Gasteiger partial charge on any atom is -0.356 e. The van der Waals surface area contributed by atoms with Crippen molar-refractivity contribution in [3.63, 3.8) is 0 Å². The van der Waals surface area contributed by atoms with E-state index < -0.39 is 6.43 Å². The maximum atomic E-state index is 13.3. The molecule has 1 aliphatic rings. The lowest BCUT2D eigenvalue weighted by atomic mass is 9.84. The van der Waals surface area contributed by atoms with Crippen molar-refractivity contribution in [2.24, 2.45) is 5.92 Å². The second-order valence-electron chi connectivity index (χ2n) is 6.53. The molecule has 0 aromatic carbocycles. The van der Waals surface area contributed by atoms with Gasteiger partial charge in [0, 0.05) is 28.8 Å². The zero-order valence-electron chi connectivity index (χ0n) is 14.1. The zero-order chi connectivity index (χ0) is 18.3. The van der Waals surface area contributed by atoms with Gasteiger partial charge in [-0.15, -0.1) is 0 Å². The molecular formula is C17H17F2IN6. The number of hydrogen-bond acceptors (Lipinski definition) is 5. The third kappa shape index (κ3) is 3.24. The van der Waals surface area contributed by atoms with Crippen molar-refractivity contribution in [3.8, 4) is 0 Å². The Morgan fingerprint density at radius 1 is 1.27 bits per heavy atom. The van der Waals surface area contributed by atoms with Crippen LogP contribution in [0.4, 0.5) is 14.6 Å². The highest BCUT2D eigenvalue weighted by Gasteiger charge is 2.31. The third-order valence-corrected chi connectivity index (χ3v) is 5.56. The molecule has 1 fully saturated rings. The summed E-state index contributed by atoms with van der Waals surface area (Å²) in [5.74, 6) is 1.49. The number of anilines is 1. The molecule has 6 nitrogen and oxygen atoms in total. The Labute approximate surface area is 162 Å². The number of nitrogens with zero attached hydrogens (tertiary/aromatic N) is 6. The lowest BCUT2D eigenvalue weighted by Gasteiger charge is -2.38. The fourth-order valence-electron chi connectivity index (χ4n) is 3.46. The molecule has 3 aromatic heterocycles. The Bertz CT molecular complexity index is 931. The topological polar surface area (TPSA) is 59.2 Å². The van der Waals surface area contributed by atoms with E-state index in [4.69, 9.17) is 0 Å². The quantitative estimate of drug-likeness (QED) is 0.547. The van der Waals surface area contributed by atoms with Crippen molar-refractivity contribution >= 4 is 34.2 Å². The van der Waals surface area contributed by atoms with Gasteiger partial charge in [0.2, 0.25) is 0 Å². The monoisotopic (exact) mass is 470 g/mol. The van der Waals surface area contributed by atoms with Crippen LogP contribution in [0.3, 0.4) is 0 Å². The van der Waals surface area contributed by atoms with Gasteiger partial charge in [0.15, 0.2) is 0 Å². The van der Waals surface area contributed by atoms with Crippen molar-refractivity contribution in [2.45, 2.75) is 25.7 Å². The first-order valence-electron chi connectivity index (χ1n) is 8.38. The van der Waals surface area contributed by atoms with E-state index >= 15 is 0 Å². The molecule has 2 atom stereocenters. The summed E-state index contributed by atoms with van der Waals surface area (Å²) in [6.07, 6.45) is 1.46. The molecule has 136 valence electrons. The van der Waals surface area contributed by atoms with Gasteiger partial charge in [-0.05, 0) is 53.1 Å². The van der Waals surface area contributed by atoms with Crippen LogP contribution in [0, 0.1) is 9.49 Å². The molecule has 9 heteroatoms. The maximum Gasteiger partial charge on any atom is 0.280 e. The van der Waals surface area contributed by atoms with Gasteiger partial charge in [0.05, 0.1) is 5.69 Å². The van der Waals surface area contributed by atoms with Crippen molar-refractivity contribution < 1.29 is 8.78 Å². The summed E-state index contributed by atoms with van der Waals surface area (Å²) < 4.78 is 29.3. The van der Waals surface area contributed by atoms with Gasteiger partial charge >= 0.3 is 0 Å². The number of hydrogen-bond donors (Lipinski definition) is 0. The van der Waals surface area contributed by atoms with E-state index in [1.54, 1.807) is 10.7 Å². The predicted molar refractivity (Wildman–Crippen MR) is 101 cm³/mol. The number of aromatic nitrogens is 5. The minimum atomic E-state index is -2.64. The molecule has 4 rings (SSSR count). The summed E-state index contributed by atoms with van der Waals surface area (Å²) in [6, 6.07) is 5.46. The van der Waals surface area contributed by atoms with Gasteiger partial charge in [0.25, 0.3) is 12.2 Å². The van der Waals surface area contributed by atoms with Gasteiger partial charge in [-0.1, -0.05) is 6.92 Å². The second-order valence-corrected chi connectivity index (χ2v) is 7.77. The van der Waals surface area contributed by atoms with Crippen LogP contribution in [-0.2, 0) is 0 Å². The maximum absolute atomic E-state index is 13.3. The van der Waals surface area contributed by atoms with Crippen molar-refractivity contribution in [1.82, 2.24) is 24.6 Å². The Balaban J connectivity index is 1.74. The standard InChI is InChI=1S/C17H17F2IN6/c1-10-3-5-25(15-6-11(20)2-4-21-15)8-12(10)14-7-13(16(18)19)24-17-22-9-23-26(14)17/h2,4,6-7,9-10,12,16H,3,5,8H2,1H3/t10-,12-/m1/s1. The van der Waals surface area contributed by atoms with Crippen molar-refractivity contribution in [2.75, 3.05) is 18.0 Å². The number of rotatable bonds is 3. The summed E-state index contributed by atoms with van der Waals surface area (Å²) in [4.78, 5) is 14.6. The molecule has 1 saturated heterocycles. The number of halogens is 3. The van der Waals surface area contributed by atoms with E-state index in [1.807, 2.05) is 12.1 Å². The minimum absolute atomic E-state index is 0.0353. The summed E-state index contributed by atoms with van der Waals surface area (Å²) in [5, 5.41) is 4.20. The van der Waals surface area contributed by atoms with Crippen LogP contribution in [0.1, 0.15) is 37.1 Å². The molecule has 0 bridgehead atoms. The van der Waals surface area contributed by atoms with Crippen molar-refractivity contribution in [1.29, 1.82) is 0 Å². The van der Waals surface area contributed by atoms with Gasteiger partial charge in [-0.2, -0.15) is 10.1 Å². The van der Waals surface area contributed by atoms with Crippen LogP contribution >= 0.6 is 22.6 Å². The van der Waals surface area contributed by atoms with E-state index in [0.29, 0.717) is 12.5 Å². The lowest BCUT2D eigenvalue weighted by molar-refractivity contribution is 0.146. The Hall–Kier alpha value is -1.91. The number of alkyl halides is 2. The van der Waals surface area contributed by atoms with Crippen LogP contribution in [0.2, 0.25) is 0 Å². The predicted octanol–water partition coefficient (Wildman–Crippen LogP) is 3.69. The van der Waals surface area contributed by atoms with E-state index in [2.05, 4.69) is 54.5 Å². The van der Waals surface area contributed by atoms with Gasteiger partial charge in [-0.3, -0.25) is 0 Å². The first-order valence-corrected chi connectivity index (χ1v) is 9.46. The highest BCUT2D eigenvalue weighted by molar-refractivity contribution is 14.1. The highest BCUT2D eigenvalue weighted by Crippen LogP contribution is 2.35. The first-order chi connectivity index (χ1) is 12.5. The molecule has 0 radical (unpaired) electrons. The van der Waals surface area contributed by atoms with Gasteiger partial charge < -0.3 is 4.90 Å². The normalized spacial score (nSPS) is 20.9. The molecule has 0 aliphatic carbocycles. The van der Waals surface area contributed by atoms with Gasteiger partial charge in [-0.25, -0.2) is 23.3 Å². The molecule has 4 heterocycles. The Morgan fingerprint density at radius 3 is 2.88 bits per heavy atom. The molecular weight excluding hydrogens is 453 g/mol. The van der Waals surface area contributed by atoms with Crippen LogP contribution in [-0.4, -0.2) is 37.7 Å². The van der Waals surface area contributed by atoms with E-state index in [-0.39, 0.29) is 17.4 Å². The van der Waals surface area contributed by atoms with Crippen LogP contribution in [0.15, 0.2) is 30.7 Å². The first kappa shape index (κ1) is 17.5. The van der Waals surface area contributed by atoms with Crippen LogP contribution in [0.5, 0.6) is 0 Å². The highest BCUT2D eigenvalue weighted by atomic mass is 127. The SMILES string of the molecule is C[C@@H]1CCN(c2cc(I)ccn2)C[C@H]1c1cc(C(F)F)nc2ncnn12. The Kier molecular flexibility index (Phi) is 4.72. The van der Waals surface area contributed by atoms with E-state index in [0.717, 1.165) is 28.0 Å². The van der Waals surface area contributed by atoms with Crippen LogP contribution < -0.4 is 4.90 Å². The molecule has 1 aliphatic heterocycles. The summed E-state index contributed by atoms with van der Waals surface area (Å²) in [7, 11) is 0. The fraction of sp³-hybridized carbons (Fsp3) is 0.412. The Morgan fingerprint density at radius 2 is 2.12 bits per heavy atom. The average molecular weight is 470 g/mol. The molecule has 0 N–H and O–H groups in total. The molecule has 0 saturated carbocycles. The van der Waals surface area contributed by atoms with Crippen molar-refractivity contribution in [3.05, 3.63) is 45.7 Å². The molecule has 0 unspecified atom stereocenters. The average Bonchev–Trinajstić information content (AvgIpc) is 3.10. The van der Waals surface area contributed by atoms with E-state index in [9.17, 15) is 8.78 Å². The fourth-order valence-corrected chi connectivity index (χ4v) is 3.90. The second kappa shape index (κ2) is 7.01. The molecule has 0 spiro atoms. The largest absolute Gasteiger partial charge is 0.356 e. The molecule has 3 aromatic rings. The molecule has 26 heavy (non-hydrogen) atoms. The number of fused-ring (bicyclic) bond motifs is 1. The van der Waals surface area contributed by atoms with Crippen LogP contribution in [0.25, 0.3) is 5.78 Å². The number of pyridine rings is 1. The van der Waals surface area contributed by atoms with E-state index in [1.165, 1.54) is 12.4 Å². The summed E-state index contributed by atoms with van der Waals surface area (Å²) in [5.41, 5.74) is 0.475. The summed E-state index contributed by atoms with van der Waals surface area (Å²) in [6.45, 7) is 3.73. The molecule has 0 amide bonds. The number of piperidine rings is 1. The summed E-state index contributed by atoms with van der Waals surface area (Å²) >= 11 is 2.26. The zero-order valence-corrected chi connectivity index (χ0v) is 16.2. The smallest absolute Gasteiger partial charge is 0.280 e. The third-order valence-electron chi connectivity index (χ3n) is 4.89. The van der Waals surface area contributed by atoms with Gasteiger partial charge in [0.1, 0.15) is 17.8 Å². The lowest BCUT2D eigenvalue weighted by Crippen LogP contribution is -2.39.